The van der Waals surface area contributed by atoms with E-state index in [0.717, 1.165) is 13.0 Å². The molecule has 1 heterocycles. The molecular weight excluding hydrogens is 532 g/mol. The molecule has 1 aromatic rings. The molecule has 1 unspecified atom stereocenters. The number of benzene rings is 1. The van der Waals surface area contributed by atoms with E-state index in [0.29, 0.717) is 35.6 Å². The van der Waals surface area contributed by atoms with E-state index in [1.165, 1.54) is 5.56 Å². The maximum atomic E-state index is 12.6. The molecule has 1 fully saturated rings. The molecule has 1 atom stereocenters. The quantitative estimate of drug-likeness (QED) is 0.303. The fraction of sp³-hybridized carbons (Fsp3) is 0.632. The lowest BCUT2D eigenvalue weighted by Gasteiger charge is -2.31. The lowest BCUT2D eigenvalue weighted by atomic mass is 9.98. The Bertz CT molecular complexity index is 768. The number of hydrogen-bond acceptors (Lipinski definition) is 3. The number of alkyl halides is 3. The average Bonchev–Trinajstić information content (AvgIpc) is 2.70. The molecule has 2 rings (SSSR count). The van der Waals surface area contributed by atoms with E-state index < -0.39 is 15.5 Å². The van der Waals surface area contributed by atoms with Crippen molar-refractivity contribution in [3.8, 4) is 0 Å². The van der Waals surface area contributed by atoms with Crippen LogP contribution in [0.5, 0.6) is 0 Å². The molecule has 1 saturated heterocycles. The van der Waals surface area contributed by atoms with E-state index in [1.807, 2.05) is 18.2 Å². The van der Waals surface area contributed by atoms with Crippen molar-refractivity contribution in [1.29, 1.82) is 0 Å². The third-order valence-electron chi connectivity index (χ3n) is 5.23. The highest BCUT2D eigenvalue weighted by atomic mass is 127. The first-order valence-electron chi connectivity index (χ1n) is 9.71. The number of rotatable bonds is 7. The number of guanidine groups is 1. The van der Waals surface area contributed by atoms with Crippen LogP contribution in [0.4, 0.5) is 13.2 Å². The molecule has 30 heavy (non-hydrogen) atoms. The standard InChI is InChI=1S/C19H29F3N4O2S.HI/c1-15(17-6-4-3-5-7-17)8-11-24-18(23-2)25-14-16-9-12-26(13-10-16)29(27,28)19(20,21)22;/h3-7,15-16H,8-14H2,1-2H3,(H2,23,24,25);1H. The number of aliphatic imine (C=N–C) groups is 1. The summed E-state index contributed by atoms with van der Waals surface area (Å²) in [5.41, 5.74) is -3.96. The molecular formula is C19H30F3IN4O2S. The van der Waals surface area contributed by atoms with Crippen LogP contribution in [0.25, 0.3) is 0 Å². The predicted octanol–water partition coefficient (Wildman–Crippen LogP) is 3.52. The van der Waals surface area contributed by atoms with Crippen LogP contribution in [0.3, 0.4) is 0 Å². The fourth-order valence-corrected chi connectivity index (χ4v) is 4.30. The van der Waals surface area contributed by atoms with Crippen molar-refractivity contribution in [1.82, 2.24) is 14.9 Å². The molecule has 0 aromatic heterocycles. The molecule has 0 aliphatic carbocycles. The van der Waals surface area contributed by atoms with Gasteiger partial charge in [-0.15, -0.1) is 24.0 Å². The van der Waals surface area contributed by atoms with Gasteiger partial charge in [0.1, 0.15) is 0 Å². The molecule has 6 nitrogen and oxygen atoms in total. The SMILES string of the molecule is CN=C(NCCC(C)c1ccccc1)NCC1CCN(S(=O)(=O)C(F)(F)F)CC1.I. The Morgan fingerprint density at radius 3 is 2.33 bits per heavy atom. The maximum absolute atomic E-state index is 12.6. The van der Waals surface area contributed by atoms with E-state index in [2.05, 4.69) is 34.7 Å². The molecule has 1 aliphatic rings. The molecule has 0 spiro atoms. The average molecular weight is 562 g/mol. The third-order valence-corrected chi connectivity index (χ3v) is 6.86. The molecule has 1 aromatic carbocycles. The minimum atomic E-state index is -5.24. The highest BCUT2D eigenvalue weighted by molar-refractivity contribution is 14.0. The summed E-state index contributed by atoms with van der Waals surface area (Å²) in [5.74, 6) is 1.13. The zero-order valence-electron chi connectivity index (χ0n) is 17.2. The monoisotopic (exact) mass is 562 g/mol. The van der Waals surface area contributed by atoms with Gasteiger partial charge in [-0.3, -0.25) is 4.99 Å². The van der Waals surface area contributed by atoms with Gasteiger partial charge in [0.25, 0.3) is 0 Å². The number of nitrogens with zero attached hydrogens (tertiary/aromatic N) is 2. The summed E-state index contributed by atoms with van der Waals surface area (Å²) in [6.45, 7) is 3.20. The molecule has 1 aliphatic heterocycles. The van der Waals surface area contributed by atoms with Crippen molar-refractivity contribution >= 4 is 40.0 Å². The van der Waals surface area contributed by atoms with Crippen molar-refractivity contribution in [3.63, 3.8) is 0 Å². The number of hydrogen-bond donors (Lipinski definition) is 2. The van der Waals surface area contributed by atoms with Crippen molar-refractivity contribution < 1.29 is 21.6 Å². The van der Waals surface area contributed by atoms with Crippen molar-refractivity contribution in [2.75, 3.05) is 33.2 Å². The Labute approximate surface area is 193 Å². The van der Waals surface area contributed by atoms with Crippen molar-refractivity contribution in [2.45, 2.75) is 37.6 Å². The van der Waals surface area contributed by atoms with Gasteiger partial charge in [-0.25, -0.2) is 8.42 Å². The smallest absolute Gasteiger partial charge is 0.356 e. The molecule has 0 saturated carbocycles. The van der Waals surface area contributed by atoms with E-state index in [-0.39, 0.29) is 43.0 Å². The van der Waals surface area contributed by atoms with Gasteiger partial charge in [0.05, 0.1) is 0 Å². The minimum Gasteiger partial charge on any atom is -0.356 e. The van der Waals surface area contributed by atoms with E-state index >= 15 is 0 Å². The highest BCUT2D eigenvalue weighted by Gasteiger charge is 2.50. The first-order valence-corrected chi connectivity index (χ1v) is 11.1. The topological polar surface area (TPSA) is 73.8 Å². The predicted molar refractivity (Wildman–Crippen MR) is 124 cm³/mol. The lowest BCUT2D eigenvalue weighted by molar-refractivity contribution is -0.0496. The molecule has 0 radical (unpaired) electrons. The lowest BCUT2D eigenvalue weighted by Crippen LogP contribution is -2.47. The Balaban J connectivity index is 0.00000450. The molecule has 172 valence electrons. The Kier molecular flexibility index (Phi) is 10.9. The maximum Gasteiger partial charge on any atom is 0.511 e. The summed E-state index contributed by atoms with van der Waals surface area (Å²) in [6.07, 6.45) is 1.69. The zero-order chi connectivity index (χ0) is 21.5. The summed E-state index contributed by atoms with van der Waals surface area (Å²) in [6, 6.07) is 10.2. The summed E-state index contributed by atoms with van der Waals surface area (Å²) in [4.78, 5) is 4.17. The van der Waals surface area contributed by atoms with E-state index in [4.69, 9.17) is 0 Å². The van der Waals surface area contributed by atoms with Crippen LogP contribution in [-0.2, 0) is 10.0 Å². The van der Waals surface area contributed by atoms with Crippen LogP contribution in [0, 0.1) is 5.92 Å². The summed E-state index contributed by atoms with van der Waals surface area (Å²) >= 11 is 0. The van der Waals surface area contributed by atoms with E-state index in [1.54, 1.807) is 7.05 Å². The number of halogens is 4. The van der Waals surface area contributed by atoms with Crippen molar-refractivity contribution in [3.05, 3.63) is 35.9 Å². The second-order valence-corrected chi connectivity index (χ2v) is 9.20. The van der Waals surface area contributed by atoms with Crippen LogP contribution in [0.1, 0.15) is 37.7 Å². The van der Waals surface area contributed by atoms with Gasteiger partial charge in [0.15, 0.2) is 5.96 Å². The van der Waals surface area contributed by atoms with Crippen LogP contribution in [0.15, 0.2) is 35.3 Å². The minimum absolute atomic E-state index is 0. The van der Waals surface area contributed by atoms with Gasteiger partial charge < -0.3 is 10.6 Å². The molecule has 0 bridgehead atoms. The van der Waals surface area contributed by atoms with Crippen LogP contribution >= 0.6 is 24.0 Å². The van der Waals surface area contributed by atoms with Gasteiger partial charge in [0, 0.05) is 33.2 Å². The molecule has 2 N–H and O–H groups in total. The Hall–Kier alpha value is -1.08. The second kappa shape index (κ2) is 12.1. The van der Waals surface area contributed by atoms with Gasteiger partial charge in [-0.1, -0.05) is 37.3 Å². The summed E-state index contributed by atoms with van der Waals surface area (Å²) in [5, 5.41) is 6.43. The highest BCUT2D eigenvalue weighted by Crippen LogP contribution is 2.30. The number of piperidine rings is 1. The largest absolute Gasteiger partial charge is 0.511 e. The number of nitrogens with one attached hydrogen (secondary N) is 2. The van der Waals surface area contributed by atoms with Crippen LogP contribution in [0.2, 0.25) is 0 Å². The zero-order valence-corrected chi connectivity index (χ0v) is 20.3. The van der Waals surface area contributed by atoms with Gasteiger partial charge in [-0.05, 0) is 36.7 Å². The second-order valence-electron chi connectivity index (χ2n) is 7.27. The van der Waals surface area contributed by atoms with Crippen LogP contribution in [-0.4, -0.2) is 57.4 Å². The van der Waals surface area contributed by atoms with Gasteiger partial charge in [-0.2, -0.15) is 17.5 Å². The summed E-state index contributed by atoms with van der Waals surface area (Å²) < 4.78 is 61.3. The normalized spacial score (nSPS) is 17.8. The summed E-state index contributed by atoms with van der Waals surface area (Å²) in [7, 11) is -3.56. The molecule has 11 heteroatoms. The molecule has 0 amide bonds. The third kappa shape index (κ3) is 7.56. The van der Waals surface area contributed by atoms with E-state index in [9.17, 15) is 21.6 Å². The van der Waals surface area contributed by atoms with Crippen molar-refractivity contribution in [2.24, 2.45) is 10.9 Å². The van der Waals surface area contributed by atoms with Gasteiger partial charge >= 0.3 is 15.5 Å². The number of sulfonamides is 1. The first-order chi connectivity index (χ1) is 13.6. The Morgan fingerprint density at radius 2 is 1.80 bits per heavy atom. The first kappa shape index (κ1) is 27.0. The van der Waals surface area contributed by atoms with Gasteiger partial charge in [0.2, 0.25) is 0 Å². The fourth-order valence-electron chi connectivity index (χ4n) is 3.32. The van der Waals surface area contributed by atoms with Crippen LogP contribution < -0.4 is 10.6 Å². The Morgan fingerprint density at radius 1 is 1.20 bits per heavy atom.